The molecule has 0 aromatic heterocycles. The number of carboxylic acid groups (broad SMARTS) is 1. The monoisotopic (exact) mass is 488 g/mol. The lowest BCUT2D eigenvalue weighted by atomic mass is 9.99. The number of nitrogens with zero attached hydrogens (tertiary/aromatic N) is 1. The zero-order valence-electron chi connectivity index (χ0n) is 19.9. The number of rotatable bonds is 9. The van der Waals surface area contributed by atoms with Crippen molar-refractivity contribution >= 4 is 17.7 Å². The minimum absolute atomic E-state index is 0.0312. The molecule has 1 unspecified atom stereocenters. The van der Waals surface area contributed by atoms with Gasteiger partial charge in [-0.2, -0.15) is 0 Å². The number of ether oxygens (including phenoxy) is 4. The van der Waals surface area contributed by atoms with Crippen LogP contribution in [0.25, 0.3) is 0 Å². The number of nitro groups is 1. The van der Waals surface area contributed by atoms with Crippen molar-refractivity contribution in [2.45, 2.75) is 51.7 Å². The van der Waals surface area contributed by atoms with Crippen molar-refractivity contribution in [3.05, 3.63) is 57.6 Å². The number of aliphatic carboxylic acids is 1. The predicted molar refractivity (Wildman–Crippen MR) is 124 cm³/mol. The summed E-state index contributed by atoms with van der Waals surface area (Å²) in [4.78, 5) is 34.9. The highest BCUT2D eigenvalue weighted by molar-refractivity contribution is 5.80. The fourth-order valence-electron chi connectivity index (χ4n) is 3.46. The van der Waals surface area contributed by atoms with Crippen LogP contribution in [0.2, 0.25) is 0 Å². The smallest absolute Gasteiger partial charge is 0.407 e. The van der Waals surface area contributed by atoms with Crippen molar-refractivity contribution in [2.75, 3.05) is 13.4 Å². The van der Waals surface area contributed by atoms with Gasteiger partial charge in [0.1, 0.15) is 24.0 Å². The van der Waals surface area contributed by atoms with Gasteiger partial charge in [-0.15, -0.1) is 0 Å². The summed E-state index contributed by atoms with van der Waals surface area (Å²) < 4.78 is 21.4. The van der Waals surface area contributed by atoms with Gasteiger partial charge < -0.3 is 29.4 Å². The van der Waals surface area contributed by atoms with Gasteiger partial charge in [0.15, 0.2) is 11.5 Å². The maximum Gasteiger partial charge on any atom is 0.407 e. The van der Waals surface area contributed by atoms with Crippen LogP contribution in [0.15, 0.2) is 36.4 Å². The molecule has 2 N–H and O–H groups in total. The lowest BCUT2D eigenvalue weighted by Gasteiger charge is -2.21. The molecule has 0 saturated carbocycles. The van der Waals surface area contributed by atoms with Crippen LogP contribution in [0.4, 0.5) is 10.5 Å². The Balaban J connectivity index is 1.59. The van der Waals surface area contributed by atoms with E-state index in [1.165, 1.54) is 12.1 Å². The van der Waals surface area contributed by atoms with Gasteiger partial charge in [0.25, 0.3) is 5.69 Å². The van der Waals surface area contributed by atoms with Crippen molar-refractivity contribution in [1.29, 1.82) is 0 Å². The van der Waals surface area contributed by atoms with Gasteiger partial charge in [0, 0.05) is 17.9 Å². The number of benzene rings is 2. The number of hydrogen-bond donors (Lipinski definition) is 2. The van der Waals surface area contributed by atoms with Gasteiger partial charge in [-0.3, -0.25) is 10.1 Å². The first-order valence-electron chi connectivity index (χ1n) is 10.9. The highest BCUT2D eigenvalue weighted by atomic mass is 16.7. The summed E-state index contributed by atoms with van der Waals surface area (Å²) in [5.41, 5.74) is 0.435. The van der Waals surface area contributed by atoms with Gasteiger partial charge in [-0.1, -0.05) is 19.1 Å². The van der Waals surface area contributed by atoms with Crippen LogP contribution in [0.3, 0.4) is 0 Å². The summed E-state index contributed by atoms with van der Waals surface area (Å²) in [5.74, 6) is -0.502. The minimum Gasteiger partial charge on any atom is -0.488 e. The number of carbonyl (C=O) groups excluding carboxylic acids is 1. The van der Waals surface area contributed by atoms with E-state index in [4.69, 9.17) is 18.9 Å². The maximum atomic E-state index is 12.3. The van der Waals surface area contributed by atoms with Crippen molar-refractivity contribution in [3.63, 3.8) is 0 Å². The van der Waals surface area contributed by atoms with E-state index < -0.39 is 28.9 Å². The van der Waals surface area contributed by atoms with E-state index in [-0.39, 0.29) is 36.9 Å². The van der Waals surface area contributed by atoms with Crippen molar-refractivity contribution in [2.24, 2.45) is 0 Å². The topological polar surface area (TPSA) is 146 Å². The zero-order valence-corrected chi connectivity index (χ0v) is 19.9. The lowest BCUT2D eigenvalue weighted by molar-refractivity contribution is -0.385. The fourth-order valence-corrected chi connectivity index (χ4v) is 3.46. The number of amides is 1. The Kier molecular flexibility index (Phi) is 7.68. The molecule has 0 aliphatic carbocycles. The Hall–Kier alpha value is -4.02. The molecule has 0 radical (unpaired) electrons. The number of carboxylic acids is 1. The molecule has 0 bridgehead atoms. The molecule has 1 aliphatic rings. The van der Waals surface area contributed by atoms with Gasteiger partial charge in [0.05, 0.1) is 11.0 Å². The number of fused-ring (bicyclic) bond motifs is 1. The van der Waals surface area contributed by atoms with Gasteiger partial charge >= 0.3 is 12.1 Å². The molecule has 1 aliphatic heterocycles. The minimum atomic E-state index is -1.23. The van der Waals surface area contributed by atoms with E-state index in [9.17, 15) is 24.8 Å². The van der Waals surface area contributed by atoms with E-state index in [0.29, 0.717) is 22.6 Å². The molecule has 2 aromatic carbocycles. The highest BCUT2D eigenvalue weighted by Crippen LogP contribution is 2.40. The van der Waals surface area contributed by atoms with Crippen LogP contribution in [-0.4, -0.2) is 47.1 Å². The SMILES string of the molecule is CC(COC(=O)N[C@@H](Cc1ccc(OC(C)(C)C)cc1)C(=O)O)c1cc2c(cc1[N+](=O)[O-])OCO2. The molecule has 1 heterocycles. The number of nitrogens with one attached hydrogen (secondary N) is 1. The van der Waals surface area contributed by atoms with Crippen molar-refractivity contribution in [3.8, 4) is 17.2 Å². The molecule has 1 amide bonds. The van der Waals surface area contributed by atoms with E-state index in [1.807, 2.05) is 20.8 Å². The molecule has 0 saturated heterocycles. The predicted octanol–water partition coefficient (Wildman–Crippen LogP) is 4.03. The fraction of sp³-hybridized carbons (Fsp3) is 0.417. The largest absolute Gasteiger partial charge is 0.488 e. The average molecular weight is 488 g/mol. The molecular weight excluding hydrogens is 460 g/mol. The Labute approximate surface area is 202 Å². The number of nitro benzene ring substituents is 1. The molecular formula is C24H28N2O9. The zero-order chi connectivity index (χ0) is 25.8. The first-order chi connectivity index (χ1) is 16.4. The Morgan fingerprint density at radius 1 is 1.17 bits per heavy atom. The maximum absolute atomic E-state index is 12.3. The van der Waals surface area contributed by atoms with Gasteiger partial charge in [-0.25, -0.2) is 9.59 Å². The summed E-state index contributed by atoms with van der Waals surface area (Å²) in [6, 6.07) is 8.45. The summed E-state index contributed by atoms with van der Waals surface area (Å²) in [6.45, 7) is 7.16. The van der Waals surface area contributed by atoms with E-state index in [1.54, 1.807) is 31.2 Å². The molecule has 11 heteroatoms. The van der Waals surface area contributed by atoms with Crippen LogP contribution in [0.1, 0.15) is 44.7 Å². The first kappa shape index (κ1) is 25.6. The van der Waals surface area contributed by atoms with Gasteiger partial charge in [-0.05, 0) is 44.5 Å². The molecule has 11 nitrogen and oxygen atoms in total. The third kappa shape index (κ3) is 6.98. The van der Waals surface area contributed by atoms with E-state index >= 15 is 0 Å². The van der Waals surface area contributed by atoms with E-state index in [2.05, 4.69) is 5.32 Å². The summed E-state index contributed by atoms with van der Waals surface area (Å²) in [6.07, 6.45) is -0.913. The van der Waals surface area contributed by atoms with Crippen molar-refractivity contribution < 1.29 is 38.6 Å². The molecule has 3 rings (SSSR count). The highest BCUT2D eigenvalue weighted by Gasteiger charge is 2.28. The summed E-state index contributed by atoms with van der Waals surface area (Å²) in [5, 5.41) is 23.3. The summed E-state index contributed by atoms with van der Waals surface area (Å²) >= 11 is 0. The van der Waals surface area contributed by atoms with Gasteiger partial charge in [0.2, 0.25) is 6.79 Å². The normalized spacial score (nSPS) is 14.1. The second kappa shape index (κ2) is 10.5. The summed E-state index contributed by atoms with van der Waals surface area (Å²) in [7, 11) is 0. The molecule has 188 valence electrons. The van der Waals surface area contributed by atoms with Crippen LogP contribution in [0.5, 0.6) is 17.2 Å². The third-order valence-electron chi connectivity index (χ3n) is 5.09. The second-order valence-corrected chi connectivity index (χ2v) is 9.12. The van der Waals surface area contributed by atoms with Crippen molar-refractivity contribution in [1.82, 2.24) is 5.32 Å². The molecule has 35 heavy (non-hydrogen) atoms. The molecule has 2 aromatic rings. The Morgan fingerprint density at radius 3 is 2.37 bits per heavy atom. The number of hydrogen-bond acceptors (Lipinski definition) is 8. The Bertz CT molecular complexity index is 1090. The standard InChI is InChI=1S/C24H28N2O9/c1-14(17-10-20-21(34-13-33-20)11-19(17)26(30)31)12-32-23(29)25-18(22(27)28)9-15-5-7-16(8-6-15)35-24(2,3)4/h5-8,10-11,14,18H,9,12-13H2,1-4H3,(H,25,29)(H,27,28)/t14?,18-/m0/s1. The Morgan fingerprint density at radius 2 is 1.80 bits per heavy atom. The third-order valence-corrected chi connectivity index (χ3v) is 5.09. The van der Waals surface area contributed by atoms with Crippen LogP contribution in [0, 0.1) is 10.1 Å². The van der Waals surface area contributed by atoms with E-state index in [0.717, 1.165) is 0 Å². The average Bonchev–Trinajstić information content (AvgIpc) is 3.24. The quantitative estimate of drug-likeness (QED) is 0.394. The second-order valence-electron chi connectivity index (χ2n) is 9.12. The number of carbonyl (C=O) groups is 2. The van der Waals surface area contributed by atoms with Crippen LogP contribution < -0.4 is 19.5 Å². The lowest BCUT2D eigenvalue weighted by Crippen LogP contribution is -2.42. The molecule has 2 atom stereocenters. The molecule has 0 spiro atoms. The first-order valence-corrected chi connectivity index (χ1v) is 10.9. The molecule has 0 fully saturated rings. The van der Waals surface area contributed by atoms with Crippen LogP contribution >= 0.6 is 0 Å². The van der Waals surface area contributed by atoms with Crippen LogP contribution in [-0.2, 0) is 16.0 Å². The number of alkyl carbamates (subject to hydrolysis) is 1.